The number of hydrogen-bond acceptors (Lipinski definition) is 2. The zero-order chi connectivity index (χ0) is 11.7. The van der Waals surface area contributed by atoms with Crippen molar-refractivity contribution in [3.63, 3.8) is 0 Å². The molecule has 92 valence electrons. The van der Waals surface area contributed by atoms with Crippen LogP contribution in [0.25, 0.3) is 0 Å². The van der Waals surface area contributed by atoms with Crippen molar-refractivity contribution >= 4 is 0 Å². The molecule has 0 aromatic carbocycles. The van der Waals surface area contributed by atoms with Gasteiger partial charge in [0.05, 0.1) is 0 Å². The highest BCUT2D eigenvalue weighted by Crippen LogP contribution is 2.32. The first-order valence-electron chi connectivity index (χ1n) is 6.43. The number of aliphatic hydroxyl groups excluding tert-OH is 1. The summed E-state index contributed by atoms with van der Waals surface area (Å²) in [5, 5.41) is 11.4. The van der Waals surface area contributed by atoms with E-state index in [1.54, 1.807) is 0 Å². The molecule has 2 nitrogen and oxygen atoms in total. The minimum absolute atomic E-state index is 0.344. The van der Waals surface area contributed by atoms with Crippen molar-refractivity contribution in [3.8, 4) is 0 Å². The molecular formula is C13H29NO. The maximum Gasteiger partial charge on any atom is 0.0430 e. The van der Waals surface area contributed by atoms with E-state index in [0.29, 0.717) is 6.61 Å². The summed E-state index contributed by atoms with van der Waals surface area (Å²) in [4.78, 5) is 0. The summed E-state index contributed by atoms with van der Waals surface area (Å²) >= 11 is 0. The molecule has 2 atom stereocenters. The van der Waals surface area contributed by atoms with Crippen LogP contribution in [0.5, 0.6) is 0 Å². The highest BCUT2D eigenvalue weighted by atomic mass is 16.2. The minimum Gasteiger partial charge on any atom is -0.396 e. The molecule has 1 aliphatic carbocycles. The van der Waals surface area contributed by atoms with Gasteiger partial charge in [0.15, 0.2) is 0 Å². The van der Waals surface area contributed by atoms with Crippen molar-refractivity contribution in [1.82, 2.24) is 5.32 Å². The molecule has 1 saturated carbocycles. The van der Waals surface area contributed by atoms with Gasteiger partial charge in [-0.15, -0.1) is 0 Å². The van der Waals surface area contributed by atoms with E-state index in [2.05, 4.69) is 33.1 Å². The number of hydrogen-bond donors (Lipinski definition) is 2. The Morgan fingerprint density at radius 1 is 1.33 bits per heavy atom. The van der Waals surface area contributed by atoms with Gasteiger partial charge in [0.1, 0.15) is 0 Å². The van der Waals surface area contributed by atoms with Crippen LogP contribution < -0.4 is 5.32 Å². The fraction of sp³-hybridized carbons (Fsp3) is 1.00. The molecule has 1 fully saturated rings. The van der Waals surface area contributed by atoms with Gasteiger partial charge < -0.3 is 10.4 Å². The lowest BCUT2D eigenvalue weighted by atomic mass is 9.75. The van der Waals surface area contributed by atoms with E-state index >= 15 is 0 Å². The van der Waals surface area contributed by atoms with Crippen molar-refractivity contribution in [3.05, 3.63) is 0 Å². The maximum atomic E-state index is 8.07. The molecule has 0 heterocycles. The van der Waals surface area contributed by atoms with Crippen molar-refractivity contribution in [1.29, 1.82) is 0 Å². The molecule has 0 bridgehead atoms. The van der Waals surface area contributed by atoms with Crippen molar-refractivity contribution in [2.45, 2.75) is 58.9 Å². The lowest BCUT2D eigenvalue weighted by Gasteiger charge is -2.37. The average Bonchev–Trinajstić information content (AvgIpc) is 2.16. The first-order valence-corrected chi connectivity index (χ1v) is 6.43. The highest BCUT2D eigenvalue weighted by Gasteiger charge is 2.29. The van der Waals surface area contributed by atoms with Gasteiger partial charge in [-0.1, -0.05) is 27.2 Å². The zero-order valence-corrected chi connectivity index (χ0v) is 10.9. The number of unbranched alkanes of at least 4 members (excludes halogenated alkanes) is 1. The standard InChI is InChI=1S/C9H19N.C4H10O/c1-7(2)6-8-4-5-9(8)10-3;1-2-3-4-5/h7-10H,4-6H2,1-3H3;5H,2-4H2,1H3. The van der Waals surface area contributed by atoms with Gasteiger partial charge >= 0.3 is 0 Å². The lowest BCUT2D eigenvalue weighted by molar-refractivity contribution is 0.188. The molecule has 0 saturated heterocycles. The third kappa shape index (κ3) is 6.91. The lowest BCUT2D eigenvalue weighted by Crippen LogP contribution is -2.42. The molecule has 0 aliphatic heterocycles. The number of aliphatic hydroxyl groups is 1. The Hall–Kier alpha value is -0.0800. The summed E-state index contributed by atoms with van der Waals surface area (Å²) in [7, 11) is 2.08. The fourth-order valence-corrected chi connectivity index (χ4v) is 1.99. The van der Waals surface area contributed by atoms with Crippen LogP contribution in [0.3, 0.4) is 0 Å². The smallest absolute Gasteiger partial charge is 0.0430 e. The second-order valence-electron chi connectivity index (χ2n) is 4.94. The summed E-state index contributed by atoms with van der Waals surface area (Å²) in [5.41, 5.74) is 0. The van der Waals surface area contributed by atoms with Crippen LogP contribution in [0.1, 0.15) is 52.9 Å². The monoisotopic (exact) mass is 215 g/mol. The van der Waals surface area contributed by atoms with Gasteiger partial charge in [-0.2, -0.15) is 0 Å². The molecule has 1 aliphatic rings. The third-order valence-electron chi connectivity index (χ3n) is 3.07. The van der Waals surface area contributed by atoms with E-state index in [4.69, 9.17) is 5.11 Å². The van der Waals surface area contributed by atoms with Crippen LogP contribution >= 0.6 is 0 Å². The van der Waals surface area contributed by atoms with E-state index < -0.39 is 0 Å². The van der Waals surface area contributed by atoms with Gasteiger partial charge in [-0.3, -0.25) is 0 Å². The molecule has 2 unspecified atom stereocenters. The van der Waals surface area contributed by atoms with Crippen molar-refractivity contribution in [2.24, 2.45) is 11.8 Å². The molecule has 2 N–H and O–H groups in total. The maximum absolute atomic E-state index is 8.07. The summed E-state index contributed by atoms with van der Waals surface area (Å²) in [6.07, 6.45) is 6.29. The average molecular weight is 215 g/mol. The molecule has 15 heavy (non-hydrogen) atoms. The quantitative estimate of drug-likeness (QED) is 0.739. The summed E-state index contributed by atoms with van der Waals surface area (Å²) in [6.45, 7) is 7.02. The largest absolute Gasteiger partial charge is 0.396 e. The second-order valence-corrected chi connectivity index (χ2v) is 4.94. The Balaban J connectivity index is 0.000000336. The van der Waals surface area contributed by atoms with Crippen molar-refractivity contribution in [2.75, 3.05) is 13.7 Å². The molecule has 0 spiro atoms. The van der Waals surface area contributed by atoms with Crippen LogP contribution in [-0.4, -0.2) is 24.8 Å². The van der Waals surface area contributed by atoms with E-state index in [-0.39, 0.29) is 0 Å². The van der Waals surface area contributed by atoms with E-state index in [1.165, 1.54) is 19.3 Å². The molecule has 0 aromatic heterocycles. The van der Waals surface area contributed by atoms with Gasteiger partial charge in [-0.05, 0) is 44.6 Å². The first kappa shape index (κ1) is 14.9. The molecule has 1 rings (SSSR count). The van der Waals surface area contributed by atoms with E-state index in [0.717, 1.165) is 30.7 Å². The predicted molar refractivity (Wildman–Crippen MR) is 67.0 cm³/mol. The third-order valence-corrected chi connectivity index (χ3v) is 3.07. The Bertz CT molecular complexity index is 132. The summed E-state index contributed by atoms with van der Waals surface area (Å²) in [5.74, 6) is 1.85. The minimum atomic E-state index is 0.344. The topological polar surface area (TPSA) is 32.3 Å². The normalized spacial score (nSPS) is 24.4. The number of rotatable bonds is 5. The molecular weight excluding hydrogens is 186 g/mol. The summed E-state index contributed by atoms with van der Waals surface area (Å²) < 4.78 is 0. The Kier molecular flexibility index (Phi) is 9.12. The van der Waals surface area contributed by atoms with Crippen LogP contribution in [0.15, 0.2) is 0 Å². The first-order chi connectivity index (χ1) is 7.15. The zero-order valence-electron chi connectivity index (χ0n) is 10.9. The van der Waals surface area contributed by atoms with Crippen LogP contribution in [0.4, 0.5) is 0 Å². The van der Waals surface area contributed by atoms with Gasteiger partial charge in [-0.25, -0.2) is 0 Å². The van der Waals surface area contributed by atoms with Gasteiger partial charge in [0.25, 0.3) is 0 Å². The summed E-state index contributed by atoms with van der Waals surface area (Å²) in [6, 6.07) is 0.836. The Morgan fingerprint density at radius 3 is 2.20 bits per heavy atom. The molecule has 0 amide bonds. The van der Waals surface area contributed by atoms with Crippen LogP contribution in [0, 0.1) is 11.8 Å². The fourth-order valence-electron chi connectivity index (χ4n) is 1.99. The highest BCUT2D eigenvalue weighted by molar-refractivity contribution is 4.85. The van der Waals surface area contributed by atoms with Crippen LogP contribution in [-0.2, 0) is 0 Å². The SMILES string of the molecule is CCCCO.CNC1CCC1CC(C)C. The van der Waals surface area contributed by atoms with Gasteiger partial charge in [0.2, 0.25) is 0 Å². The van der Waals surface area contributed by atoms with Crippen molar-refractivity contribution < 1.29 is 5.11 Å². The number of nitrogens with one attached hydrogen (secondary N) is 1. The second kappa shape index (κ2) is 9.17. The Morgan fingerprint density at radius 2 is 2.00 bits per heavy atom. The Labute approximate surface area is 95.5 Å². The van der Waals surface area contributed by atoms with E-state index in [1.807, 2.05) is 0 Å². The molecule has 2 heteroatoms. The molecule has 0 aromatic rings. The van der Waals surface area contributed by atoms with Gasteiger partial charge in [0, 0.05) is 12.6 Å². The van der Waals surface area contributed by atoms with Crippen LogP contribution in [0.2, 0.25) is 0 Å². The predicted octanol–water partition coefficient (Wildman–Crippen LogP) is 2.81. The van der Waals surface area contributed by atoms with E-state index in [9.17, 15) is 0 Å². The molecule has 0 radical (unpaired) electrons.